The monoisotopic (exact) mass is 390 g/mol. The van der Waals surface area contributed by atoms with Crippen LogP contribution in [0.3, 0.4) is 0 Å². The Kier molecular flexibility index (Phi) is 7.30. The van der Waals surface area contributed by atoms with Crippen molar-refractivity contribution in [3.8, 4) is 0 Å². The molecule has 0 bridgehead atoms. The zero-order chi connectivity index (χ0) is 18.2. The van der Waals surface area contributed by atoms with Gasteiger partial charge in [-0.2, -0.15) is 0 Å². The molecular formula is C10H12N2NaO11P. The molecule has 15 heteroatoms. The van der Waals surface area contributed by atoms with Crippen LogP contribution in [0, 0.1) is 0 Å². The minimum absolute atomic E-state index is 0. The van der Waals surface area contributed by atoms with Crippen molar-refractivity contribution >= 4 is 13.8 Å². The Hall–Kier alpha value is -0.860. The van der Waals surface area contributed by atoms with Crippen molar-refractivity contribution in [1.82, 2.24) is 9.55 Å². The quantitative estimate of drug-likeness (QED) is 0.235. The molecule has 1 aliphatic rings. The summed E-state index contributed by atoms with van der Waals surface area (Å²) in [4.78, 5) is 53.0. The standard InChI is InChI=1S/C10H13N2O11P.Na/c13-5-1-3(9(16)17)12(10(18)11-5)8-7(15)6(14)4(23-8)2-22-24(19,20)21;/h1,4,6-8,14-15H,2H2,(H,16,17)(H,11,13,18)(H2,19,20,21);/q;+1/p-1/t4-,6-,7-,8-;/m1./s1. The number of aromatic nitrogens is 2. The van der Waals surface area contributed by atoms with E-state index in [2.05, 4.69) is 4.52 Å². The maximum atomic E-state index is 11.8. The van der Waals surface area contributed by atoms with Gasteiger partial charge in [0.05, 0.1) is 18.3 Å². The number of ether oxygens (including phenoxy) is 1. The summed E-state index contributed by atoms with van der Waals surface area (Å²) >= 11 is 0. The van der Waals surface area contributed by atoms with Crippen LogP contribution in [0.25, 0.3) is 0 Å². The third kappa shape index (κ3) is 5.08. The first-order valence-electron chi connectivity index (χ1n) is 6.30. The first-order chi connectivity index (χ1) is 11.0. The third-order valence-electron chi connectivity index (χ3n) is 3.18. The van der Waals surface area contributed by atoms with Gasteiger partial charge in [-0.3, -0.25) is 18.9 Å². The molecule has 0 radical (unpaired) electrons. The van der Waals surface area contributed by atoms with Crippen molar-refractivity contribution in [2.75, 3.05) is 6.61 Å². The van der Waals surface area contributed by atoms with Gasteiger partial charge in [0, 0.05) is 6.07 Å². The first kappa shape index (κ1) is 22.2. The van der Waals surface area contributed by atoms with Gasteiger partial charge in [0.2, 0.25) is 0 Å². The minimum Gasteiger partial charge on any atom is -0.543 e. The molecule has 1 aromatic heterocycles. The number of H-pyrrole nitrogens is 1. The van der Waals surface area contributed by atoms with E-state index < -0.39 is 61.9 Å². The summed E-state index contributed by atoms with van der Waals surface area (Å²) in [5, 5.41) is 30.8. The summed E-state index contributed by atoms with van der Waals surface area (Å²) in [6.45, 7) is -0.849. The van der Waals surface area contributed by atoms with Gasteiger partial charge in [0.1, 0.15) is 18.3 Å². The molecule has 0 amide bonds. The van der Waals surface area contributed by atoms with Crippen LogP contribution in [-0.2, 0) is 13.8 Å². The number of phosphoric acid groups is 1. The van der Waals surface area contributed by atoms with Crippen molar-refractivity contribution in [3.63, 3.8) is 0 Å². The average Bonchev–Trinajstić information content (AvgIpc) is 2.71. The number of aromatic carboxylic acids is 1. The maximum Gasteiger partial charge on any atom is 1.00 e. The second-order valence-corrected chi connectivity index (χ2v) is 6.05. The summed E-state index contributed by atoms with van der Waals surface area (Å²) in [5.41, 5.74) is -3.21. The molecule has 0 saturated carbocycles. The predicted molar refractivity (Wildman–Crippen MR) is 69.6 cm³/mol. The molecule has 25 heavy (non-hydrogen) atoms. The van der Waals surface area contributed by atoms with Crippen LogP contribution in [0.5, 0.6) is 0 Å². The van der Waals surface area contributed by atoms with Crippen LogP contribution in [0.2, 0.25) is 0 Å². The molecule has 1 fully saturated rings. The van der Waals surface area contributed by atoms with Crippen molar-refractivity contribution in [1.29, 1.82) is 0 Å². The van der Waals surface area contributed by atoms with E-state index in [-0.39, 0.29) is 29.6 Å². The summed E-state index contributed by atoms with van der Waals surface area (Å²) in [6, 6.07) is 0.513. The number of nitrogens with one attached hydrogen (secondary N) is 1. The molecule has 1 aromatic rings. The predicted octanol–water partition coefficient (Wildman–Crippen LogP) is -7.37. The molecule has 5 N–H and O–H groups in total. The van der Waals surface area contributed by atoms with Gasteiger partial charge in [-0.15, -0.1) is 0 Å². The first-order valence-corrected chi connectivity index (χ1v) is 7.83. The normalized spacial score (nSPS) is 26.2. The molecule has 0 aliphatic carbocycles. The number of hydrogen-bond donors (Lipinski definition) is 5. The number of hydrogen-bond acceptors (Lipinski definition) is 9. The second kappa shape index (κ2) is 8.22. The van der Waals surface area contributed by atoms with Crippen LogP contribution < -0.4 is 45.9 Å². The molecule has 2 rings (SSSR count). The fraction of sp³-hybridized carbons (Fsp3) is 0.500. The SMILES string of the molecule is O=C([O-])c1cc(=O)[nH]c(=O)n1[C@@H]1O[C@H](COP(=O)(O)O)[C@@H](O)[C@H]1O.[Na+]. The number of aliphatic hydroxyl groups is 2. The van der Waals surface area contributed by atoms with Gasteiger partial charge in [0.25, 0.3) is 5.56 Å². The molecule has 2 heterocycles. The molecule has 134 valence electrons. The molecular weight excluding hydrogens is 378 g/mol. The van der Waals surface area contributed by atoms with E-state index in [4.69, 9.17) is 14.5 Å². The van der Waals surface area contributed by atoms with E-state index >= 15 is 0 Å². The summed E-state index contributed by atoms with van der Waals surface area (Å²) in [6.07, 6.45) is -6.85. The van der Waals surface area contributed by atoms with Crippen molar-refractivity contribution in [3.05, 3.63) is 32.6 Å². The minimum atomic E-state index is -4.89. The Labute approximate surface area is 160 Å². The van der Waals surface area contributed by atoms with E-state index in [0.29, 0.717) is 10.6 Å². The second-order valence-electron chi connectivity index (χ2n) is 4.81. The Morgan fingerprint density at radius 2 is 1.96 bits per heavy atom. The van der Waals surface area contributed by atoms with E-state index in [9.17, 15) is 34.3 Å². The number of carbonyl (C=O) groups is 1. The van der Waals surface area contributed by atoms with Crippen LogP contribution >= 0.6 is 7.82 Å². The Morgan fingerprint density at radius 1 is 1.36 bits per heavy atom. The van der Waals surface area contributed by atoms with Gasteiger partial charge in [-0.25, -0.2) is 9.36 Å². The molecule has 0 spiro atoms. The van der Waals surface area contributed by atoms with Crippen LogP contribution in [0.1, 0.15) is 16.7 Å². The maximum absolute atomic E-state index is 11.8. The number of carboxylic acids is 1. The number of carbonyl (C=O) groups excluding carboxylic acids is 1. The number of phosphoric ester groups is 1. The Balaban J connectivity index is 0.00000312. The van der Waals surface area contributed by atoms with Crippen molar-refractivity contribution in [2.45, 2.75) is 24.5 Å². The van der Waals surface area contributed by atoms with Crippen molar-refractivity contribution < 1.29 is 73.3 Å². The summed E-state index contributed by atoms with van der Waals surface area (Å²) in [7, 11) is -4.89. The van der Waals surface area contributed by atoms with Gasteiger partial charge >= 0.3 is 43.1 Å². The topological polar surface area (TPSA) is 211 Å². The fourth-order valence-corrected chi connectivity index (χ4v) is 2.51. The number of aliphatic hydroxyl groups excluding tert-OH is 2. The van der Waals surface area contributed by atoms with Gasteiger partial charge in [0.15, 0.2) is 6.23 Å². The molecule has 0 unspecified atom stereocenters. The molecule has 0 aromatic carbocycles. The Bertz CT molecular complexity index is 801. The molecule has 4 atom stereocenters. The summed E-state index contributed by atoms with van der Waals surface area (Å²) in [5.74, 6) is -1.92. The number of aromatic amines is 1. The largest absolute Gasteiger partial charge is 1.00 e. The molecule has 13 nitrogen and oxygen atoms in total. The van der Waals surface area contributed by atoms with Crippen LogP contribution in [0.15, 0.2) is 15.7 Å². The molecule has 1 saturated heterocycles. The number of nitrogens with zero attached hydrogens (tertiary/aromatic N) is 1. The average molecular weight is 390 g/mol. The third-order valence-corrected chi connectivity index (χ3v) is 3.67. The fourth-order valence-electron chi connectivity index (χ4n) is 2.17. The van der Waals surface area contributed by atoms with E-state index in [1.165, 1.54) is 0 Å². The molecule has 1 aliphatic heterocycles. The van der Waals surface area contributed by atoms with E-state index in [1.54, 1.807) is 4.98 Å². The zero-order valence-electron chi connectivity index (χ0n) is 12.6. The number of rotatable bonds is 5. The summed E-state index contributed by atoms with van der Waals surface area (Å²) < 4.78 is 20.2. The van der Waals surface area contributed by atoms with E-state index in [1.807, 2.05) is 0 Å². The van der Waals surface area contributed by atoms with E-state index in [0.717, 1.165) is 0 Å². The smallest absolute Gasteiger partial charge is 0.543 e. The van der Waals surface area contributed by atoms with Crippen molar-refractivity contribution in [2.24, 2.45) is 0 Å². The van der Waals surface area contributed by atoms with Gasteiger partial charge in [-0.05, 0) is 0 Å². The Morgan fingerprint density at radius 3 is 2.48 bits per heavy atom. The van der Waals surface area contributed by atoms with Gasteiger partial charge in [-0.1, -0.05) is 0 Å². The van der Waals surface area contributed by atoms with Crippen LogP contribution in [-0.4, -0.2) is 60.4 Å². The zero-order valence-corrected chi connectivity index (χ0v) is 15.5. The number of carboxylic acid groups (broad SMARTS) is 1. The van der Waals surface area contributed by atoms with Crippen LogP contribution in [0.4, 0.5) is 0 Å². The van der Waals surface area contributed by atoms with Gasteiger partial charge < -0.3 is 34.6 Å².